The minimum atomic E-state index is -3.75. The zero-order valence-corrected chi connectivity index (χ0v) is 14.1. The highest BCUT2D eigenvalue weighted by Gasteiger charge is 2.18. The summed E-state index contributed by atoms with van der Waals surface area (Å²) in [6, 6.07) is 11.3. The number of terminal acetylenes is 1. The van der Waals surface area contributed by atoms with Crippen molar-refractivity contribution in [2.24, 2.45) is 0 Å². The lowest BCUT2D eigenvalue weighted by Crippen LogP contribution is -2.15. The second-order valence-electron chi connectivity index (χ2n) is 4.72. The van der Waals surface area contributed by atoms with Crippen LogP contribution >= 0.6 is 15.9 Å². The molecule has 0 fully saturated rings. The average Bonchev–Trinajstić information content (AvgIpc) is 2.48. The van der Waals surface area contributed by atoms with Crippen LogP contribution in [0.2, 0.25) is 0 Å². The average molecular weight is 380 g/mol. The van der Waals surface area contributed by atoms with Crippen molar-refractivity contribution in [2.45, 2.75) is 17.9 Å². The third-order valence-corrected chi connectivity index (χ3v) is 4.92. The van der Waals surface area contributed by atoms with Crippen LogP contribution in [-0.4, -0.2) is 13.5 Å². The number of aliphatic hydroxyl groups is 1. The molecule has 4 nitrogen and oxygen atoms in total. The van der Waals surface area contributed by atoms with Gasteiger partial charge in [0.1, 0.15) is 6.10 Å². The first-order chi connectivity index (χ1) is 10.3. The summed E-state index contributed by atoms with van der Waals surface area (Å²) in [7, 11) is -3.75. The zero-order chi connectivity index (χ0) is 16.3. The van der Waals surface area contributed by atoms with Gasteiger partial charge in [-0.25, -0.2) is 8.42 Å². The molecule has 2 aromatic rings. The second-order valence-corrected chi connectivity index (χ2v) is 7.32. The van der Waals surface area contributed by atoms with Crippen molar-refractivity contribution < 1.29 is 13.5 Å². The highest BCUT2D eigenvalue weighted by atomic mass is 79.9. The van der Waals surface area contributed by atoms with E-state index in [1.165, 1.54) is 12.1 Å². The van der Waals surface area contributed by atoms with E-state index < -0.39 is 16.1 Å². The van der Waals surface area contributed by atoms with Crippen molar-refractivity contribution in [3.63, 3.8) is 0 Å². The molecule has 22 heavy (non-hydrogen) atoms. The van der Waals surface area contributed by atoms with Gasteiger partial charge in [-0.1, -0.05) is 39.5 Å². The van der Waals surface area contributed by atoms with Crippen LogP contribution in [0.3, 0.4) is 0 Å². The third-order valence-electron chi connectivity index (χ3n) is 3.04. The van der Waals surface area contributed by atoms with Crippen LogP contribution in [0.5, 0.6) is 0 Å². The summed E-state index contributed by atoms with van der Waals surface area (Å²) < 4.78 is 28.0. The molecule has 0 aliphatic carbocycles. The number of aliphatic hydroxyl groups excluding tert-OH is 1. The van der Waals surface area contributed by atoms with Gasteiger partial charge in [0.25, 0.3) is 10.0 Å². The van der Waals surface area contributed by atoms with E-state index in [0.717, 1.165) is 5.56 Å². The van der Waals surface area contributed by atoms with Gasteiger partial charge in [-0.05, 0) is 37.3 Å². The normalized spacial score (nSPS) is 12.5. The fourth-order valence-corrected chi connectivity index (χ4v) is 3.33. The Bertz CT molecular complexity index is 823. The lowest BCUT2D eigenvalue weighted by molar-refractivity contribution is 0.239. The van der Waals surface area contributed by atoms with E-state index in [9.17, 15) is 13.5 Å². The first-order valence-electron chi connectivity index (χ1n) is 6.36. The van der Waals surface area contributed by atoms with Gasteiger partial charge in [0, 0.05) is 10.0 Å². The van der Waals surface area contributed by atoms with Crippen LogP contribution in [0.25, 0.3) is 0 Å². The van der Waals surface area contributed by atoms with Gasteiger partial charge in [-0.2, -0.15) is 0 Å². The Morgan fingerprint density at radius 2 is 1.86 bits per heavy atom. The molecule has 0 aliphatic heterocycles. The molecule has 0 radical (unpaired) electrons. The number of aryl methyl sites for hydroxylation is 1. The number of benzene rings is 2. The van der Waals surface area contributed by atoms with E-state index >= 15 is 0 Å². The Balaban J connectivity index is 2.42. The fourth-order valence-electron chi connectivity index (χ4n) is 1.86. The first-order valence-corrected chi connectivity index (χ1v) is 8.64. The molecule has 1 unspecified atom stereocenters. The summed E-state index contributed by atoms with van der Waals surface area (Å²) in [6.45, 7) is 1.87. The molecule has 0 amide bonds. The predicted molar refractivity (Wildman–Crippen MR) is 89.9 cm³/mol. The van der Waals surface area contributed by atoms with Gasteiger partial charge in [0.15, 0.2) is 0 Å². The summed E-state index contributed by atoms with van der Waals surface area (Å²) in [5, 5.41) is 9.85. The van der Waals surface area contributed by atoms with Crippen molar-refractivity contribution in [3.8, 4) is 12.3 Å². The van der Waals surface area contributed by atoms with Crippen LogP contribution in [0.1, 0.15) is 17.2 Å². The molecule has 0 aliphatic rings. The number of halogens is 1. The smallest absolute Gasteiger partial charge is 0.261 e. The minimum absolute atomic E-state index is 0.141. The molecule has 0 saturated heterocycles. The largest absolute Gasteiger partial charge is 0.376 e. The van der Waals surface area contributed by atoms with Crippen LogP contribution in [0.4, 0.5) is 5.69 Å². The molecule has 0 aromatic heterocycles. The molecule has 2 N–H and O–H groups in total. The lowest BCUT2D eigenvalue weighted by atomic mass is 10.1. The Morgan fingerprint density at radius 3 is 2.45 bits per heavy atom. The molecule has 0 saturated carbocycles. The van der Waals surface area contributed by atoms with E-state index in [0.29, 0.717) is 10.0 Å². The maximum atomic E-state index is 12.4. The molecule has 6 heteroatoms. The molecule has 1 atom stereocenters. The Kier molecular flexibility index (Phi) is 4.91. The maximum Gasteiger partial charge on any atom is 0.261 e. The molecular weight excluding hydrogens is 366 g/mol. The Labute approximate surface area is 138 Å². The molecule has 2 aromatic carbocycles. The summed E-state index contributed by atoms with van der Waals surface area (Å²) >= 11 is 3.27. The van der Waals surface area contributed by atoms with E-state index in [2.05, 4.69) is 26.6 Å². The molecular formula is C16H14BrNO3S. The topological polar surface area (TPSA) is 66.4 Å². The highest BCUT2D eigenvalue weighted by Crippen LogP contribution is 2.28. The van der Waals surface area contributed by atoms with Gasteiger partial charge < -0.3 is 5.11 Å². The number of anilines is 1. The number of sulfonamides is 1. The minimum Gasteiger partial charge on any atom is -0.376 e. The van der Waals surface area contributed by atoms with Gasteiger partial charge in [0.2, 0.25) is 0 Å². The fraction of sp³-hybridized carbons (Fsp3) is 0.125. The van der Waals surface area contributed by atoms with Gasteiger partial charge in [0.05, 0.1) is 10.6 Å². The summed E-state index contributed by atoms with van der Waals surface area (Å²) in [6.07, 6.45) is 4.02. The van der Waals surface area contributed by atoms with Crippen molar-refractivity contribution in [2.75, 3.05) is 4.72 Å². The van der Waals surface area contributed by atoms with Crippen molar-refractivity contribution in [3.05, 3.63) is 58.1 Å². The number of rotatable bonds is 4. The predicted octanol–water partition coefficient (Wildman–Crippen LogP) is 3.22. The van der Waals surface area contributed by atoms with E-state index in [1.807, 2.05) is 6.92 Å². The Hall–Kier alpha value is -1.81. The lowest BCUT2D eigenvalue weighted by Gasteiger charge is -2.14. The van der Waals surface area contributed by atoms with Crippen molar-refractivity contribution in [1.29, 1.82) is 0 Å². The maximum absolute atomic E-state index is 12.4. The van der Waals surface area contributed by atoms with Crippen LogP contribution < -0.4 is 4.72 Å². The number of hydrogen-bond acceptors (Lipinski definition) is 3. The van der Waals surface area contributed by atoms with Crippen molar-refractivity contribution in [1.82, 2.24) is 0 Å². The van der Waals surface area contributed by atoms with Gasteiger partial charge in [-0.3, -0.25) is 4.72 Å². The summed E-state index contributed by atoms with van der Waals surface area (Å²) in [5.74, 6) is 2.18. The quantitative estimate of drug-likeness (QED) is 0.801. The van der Waals surface area contributed by atoms with Crippen molar-refractivity contribution >= 4 is 31.6 Å². The molecule has 0 bridgehead atoms. The molecule has 0 spiro atoms. The van der Waals surface area contributed by atoms with Crippen LogP contribution in [0, 0.1) is 19.3 Å². The molecule has 0 heterocycles. The molecule has 114 valence electrons. The monoisotopic (exact) mass is 379 g/mol. The highest BCUT2D eigenvalue weighted by molar-refractivity contribution is 9.10. The van der Waals surface area contributed by atoms with E-state index in [-0.39, 0.29) is 10.6 Å². The van der Waals surface area contributed by atoms with Gasteiger partial charge >= 0.3 is 0 Å². The number of nitrogens with one attached hydrogen (secondary N) is 1. The molecule has 2 rings (SSSR count). The Morgan fingerprint density at radius 1 is 1.23 bits per heavy atom. The summed E-state index contributed by atoms with van der Waals surface area (Å²) in [5.41, 5.74) is 1.52. The standard InChI is InChI=1S/C16H14BrNO3S/c1-3-16(19)14-10-12(17)6-9-15(14)18-22(20,21)13-7-4-11(2)5-8-13/h1,4-10,16,18-19H,2H3. The van der Waals surface area contributed by atoms with Gasteiger partial charge in [-0.15, -0.1) is 6.42 Å². The SMILES string of the molecule is C#CC(O)c1cc(Br)ccc1NS(=O)(=O)c1ccc(C)cc1. The zero-order valence-electron chi connectivity index (χ0n) is 11.7. The van der Waals surface area contributed by atoms with Crippen LogP contribution in [-0.2, 0) is 10.0 Å². The summed E-state index contributed by atoms with van der Waals surface area (Å²) in [4.78, 5) is 0.141. The number of hydrogen-bond donors (Lipinski definition) is 2. The van der Waals surface area contributed by atoms with Crippen LogP contribution in [0.15, 0.2) is 51.8 Å². The van der Waals surface area contributed by atoms with E-state index in [1.54, 1.807) is 30.3 Å². The first kappa shape index (κ1) is 16.6. The second kappa shape index (κ2) is 6.53. The van der Waals surface area contributed by atoms with E-state index in [4.69, 9.17) is 6.42 Å². The third kappa shape index (κ3) is 3.69.